The Morgan fingerprint density at radius 3 is 2.89 bits per heavy atom. The van der Waals surface area contributed by atoms with Crippen molar-refractivity contribution in [1.29, 1.82) is 0 Å². The van der Waals surface area contributed by atoms with Gasteiger partial charge in [0.25, 0.3) is 5.91 Å². The van der Waals surface area contributed by atoms with Crippen molar-refractivity contribution in [3.63, 3.8) is 0 Å². The molecular weight excluding hydrogens is 248 g/mol. The summed E-state index contributed by atoms with van der Waals surface area (Å²) in [4.78, 5) is 13.3. The smallest absolute Gasteiger partial charge is 0.298 e. The SMILES string of the molecule is CC#CC(=O)N1CCC(Cc2ccc(F)c(F)c2)C1. The summed E-state index contributed by atoms with van der Waals surface area (Å²) in [5, 5.41) is 0. The maximum atomic E-state index is 13.1. The van der Waals surface area contributed by atoms with Crippen LogP contribution in [0.3, 0.4) is 0 Å². The maximum absolute atomic E-state index is 13.1. The Hall–Kier alpha value is -1.89. The van der Waals surface area contributed by atoms with E-state index in [0.29, 0.717) is 19.5 Å². The molecule has 100 valence electrons. The molecule has 1 aliphatic heterocycles. The lowest BCUT2D eigenvalue weighted by atomic mass is 9.98. The first-order valence-corrected chi connectivity index (χ1v) is 6.25. The van der Waals surface area contributed by atoms with Gasteiger partial charge in [-0.1, -0.05) is 12.0 Å². The average molecular weight is 263 g/mol. The molecule has 0 bridgehead atoms. The van der Waals surface area contributed by atoms with Gasteiger partial charge in [0, 0.05) is 13.1 Å². The molecule has 4 heteroatoms. The average Bonchev–Trinajstić information content (AvgIpc) is 2.83. The zero-order chi connectivity index (χ0) is 13.8. The highest BCUT2D eigenvalue weighted by molar-refractivity contribution is 5.93. The zero-order valence-corrected chi connectivity index (χ0v) is 10.7. The van der Waals surface area contributed by atoms with E-state index in [4.69, 9.17) is 0 Å². The topological polar surface area (TPSA) is 20.3 Å². The van der Waals surface area contributed by atoms with Crippen molar-refractivity contribution in [2.45, 2.75) is 19.8 Å². The summed E-state index contributed by atoms with van der Waals surface area (Å²) in [6.45, 7) is 2.95. The van der Waals surface area contributed by atoms with Gasteiger partial charge < -0.3 is 4.90 Å². The molecule has 0 aromatic heterocycles. The Labute approximate surface area is 111 Å². The van der Waals surface area contributed by atoms with E-state index in [1.807, 2.05) is 0 Å². The molecule has 1 saturated heterocycles. The van der Waals surface area contributed by atoms with Gasteiger partial charge in [0.15, 0.2) is 11.6 Å². The van der Waals surface area contributed by atoms with Gasteiger partial charge in [0.2, 0.25) is 0 Å². The third-order valence-corrected chi connectivity index (χ3v) is 3.31. The molecule has 0 aliphatic carbocycles. The van der Waals surface area contributed by atoms with Crippen LogP contribution in [0.15, 0.2) is 18.2 Å². The van der Waals surface area contributed by atoms with Crippen molar-refractivity contribution in [2.75, 3.05) is 13.1 Å². The third-order valence-electron chi connectivity index (χ3n) is 3.31. The van der Waals surface area contributed by atoms with Gasteiger partial charge in [0.05, 0.1) is 0 Å². The molecule has 1 aromatic rings. The minimum atomic E-state index is -0.829. The summed E-state index contributed by atoms with van der Waals surface area (Å²) < 4.78 is 25.9. The van der Waals surface area contributed by atoms with Crippen LogP contribution in [0.25, 0.3) is 0 Å². The lowest BCUT2D eigenvalue weighted by Gasteiger charge is -2.13. The molecule has 1 fully saturated rings. The zero-order valence-electron chi connectivity index (χ0n) is 10.7. The summed E-state index contributed by atoms with van der Waals surface area (Å²) in [7, 11) is 0. The van der Waals surface area contributed by atoms with E-state index in [1.54, 1.807) is 17.9 Å². The lowest BCUT2D eigenvalue weighted by Crippen LogP contribution is -2.27. The van der Waals surface area contributed by atoms with E-state index in [1.165, 1.54) is 6.07 Å². The number of benzene rings is 1. The first-order chi connectivity index (χ1) is 9.10. The van der Waals surface area contributed by atoms with Crippen molar-refractivity contribution < 1.29 is 13.6 Å². The number of hydrogen-bond donors (Lipinski definition) is 0. The number of amides is 1. The second kappa shape index (κ2) is 5.83. The van der Waals surface area contributed by atoms with Crippen molar-refractivity contribution in [3.8, 4) is 11.8 Å². The molecule has 2 nitrogen and oxygen atoms in total. The number of rotatable bonds is 2. The third kappa shape index (κ3) is 3.31. The van der Waals surface area contributed by atoms with E-state index >= 15 is 0 Å². The predicted octanol–water partition coefficient (Wildman–Crippen LogP) is 2.38. The van der Waals surface area contributed by atoms with Gasteiger partial charge in [-0.05, 0) is 49.3 Å². The molecule has 2 rings (SSSR count). The molecule has 0 radical (unpaired) electrons. The van der Waals surface area contributed by atoms with Crippen LogP contribution in [-0.4, -0.2) is 23.9 Å². The molecule has 1 atom stereocenters. The van der Waals surface area contributed by atoms with Gasteiger partial charge in [0.1, 0.15) is 0 Å². The van der Waals surface area contributed by atoms with Crippen molar-refractivity contribution in [3.05, 3.63) is 35.4 Å². The number of nitrogens with zero attached hydrogens (tertiary/aromatic N) is 1. The second-order valence-corrected chi connectivity index (χ2v) is 4.73. The van der Waals surface area contributed by atoms with Gasteiger partial charge in [-0.25, -0.2) is 8.78 Å². The summed E-state index contributed by atoms with van der Waals surface area (Å²) in [6.07, 6.45) is 1.52. The van der Waals surface area contributed by atoms with Crippen LogP contribution >= 0.6 is 0 Å². The Morgan fingerprint density at radius 1 is 1.42 bits per heavy atom. The Bertz CT molecular complexity index is 545. The van der Waals surface area contributed by atoms with Crippen molar-refractivity contribution >= 4 is 5.91 Å². The molecule has 1 aromatic carbocycles. The standard InChI is InChI=1S/C15H15F2NO/c1-2-3-15(19)18-7-6-12(10-18)8-11-4-5-13(16)14(17)9-11/h4-5,9,12H,6-8,10H2,1H3. The highest BCUT2D eigenvalue weighted by Crippen LogP contribution is 2.21. The molecule has 1 heterocycles. The molecule has 19 heavy (non-hydrogen) atoms. The van der Waals surface area contributed by atoms with Gasteiger partial charge in [-0.3, -0.25) is 4.79 Å². The first kappa shape index (κ1) is 13.5. The molecule has 1 aliphatic rings. The number of carbonyl (C=O) groups excluding carboxylic acids is 1. The highest BCUT2D eigenvalue weighted by atomic mass is 19.2. The highest BCUT2D eigenvalue weighted by Gasteiger charge is 2.25. The monoisotopic (exact) mass is 263 g/mol. The van der Waals surface area contributed by atoms with Crippen LogP contribution in [0.4, 0.5) is 8.78 Å². The van der Waals surface area contributed by atoms with E-state index in [9.17, 15) is 13.6 Å². The van der Waals surface area contributed by atoms with Crippen LogP contribution in [0.5, 0.6) is 0 Å². The largest absolute Gasteiger partial charge is 0.332 e. The molecule has 1 unspecified atom stereocenters. The number of hydrogen-bond acceptors (Lipinski definition) is 1. The van der Waals surface area contributed by atoms with E-state index in [0.717, 1.165) is 18.1 Å². The maximum Gasteiger partial charge on any atom is 0.298 e. The summed E-state index contributed by atoms with van der Waals surface area (Å²) in [5.74, 6) is 3.59. The van der Waals surface area contributed by atoms with Crippen LogP contribution < -0.4 is 0 Å². The number of likely N-dealkylation sites (tertiary alicyclic amines) is 1. The van der Waals surface area contributed by atoms with Crippen molar-refractivity contribution in [2.24, 2.45) is 5.92 Å². The summed E-state index contributed by atoms with van der Waals surface area (Å²) in [5.41, 5.74) is 0.764. The van der Waals surface area contributed by atoms with E-state index in [2.05, 4.69) is 11.8 Å². The molecule has 0 N–H and O–H groups in total. The van der Waals surface area contributed by atoms with Crippen LogP contribution in [-0.2, 0) is 11.2 Å². The lowest BCUT2D eigenvalue weighted by molar-refractivity contribution is -0.124. The van der Waals surface area contributed by atoms with Crippen molar-refractivity contribution in [1.82, 2.24) is 4.90 Å². The van der Waals surface area contributed by atoms with Gasteiger partial charge in [-0.2, -0.15) is 0 Å². The van der Waals surface area contributed by atoms with Crippen LogP contribution in [0.2, 0.25) is 0 Å². The number of halogens is 2. The summed E-state index contributed by atoms with van der Waals surface area (Å²) >= 11 is 0. The van der Waals surface area contributed by atoms with E-state index in [-0.39, 0.29) is 11.8 Å². The van der Waals surface area contributed by atoms with E-state index < -0.39 is 11.6 Å². The molecule has 1 amide bonds. The van der Waals surface area contributed by atoms with Gasteiger partial charge >= 0.3 is 0 Å². The fourth-order valence-electron chi connectivity index (χ4n) is 2.37. The minimum Gasteiger partial charge on any atom is -0.332 e. The fraction of sp³-hybridized carbons (Fsp3) is 0.400. The Morgan fingerprint density at radius 2 is 2.21 bits per heavy atom. The fourth-order valence-corrected chi connectivity index (χ4v) is 2.37. The van der Waals surface area contributed by atoms with Crippen LogP contribution in [0.1, 0.15) is 18.9 Å². The predicted molar refractivity (Wildman–Crippen MR) is 68.2 cm³/mol. The molecule has 0 spiro atoms. The quantitative estimate of drug-likeness (QED) is 0.750. The Kier molecular flexibility index (Phi) is 4.16. The summed E-state index contributed by atoms with van der Waals surface area (Å²) in [6, 6.07) is 3.96. The minimum absolute atomic E-state index is 0.157. The normalized spacial score (nSPS) is 18.1. The molecular formula is C15H15F2NO. The Balaban J connectivity index is 1.96. The van der Waals surface area contributed by atoms with Gasteiger partial charge in [-0.15, -0.1) is 0 Å². The number of carbonyl (C=O) groups is 1. The second-order valence-electron chi connectivity index (χ2n) is 4.73. The molecule has 0 saturated carbocycles. The van der Waals surface area contributed by atoms with Crippen LogP contribution in [0, 0.1) is 29.4 Å². The first-order valence-electron chi connectivity index (χ1n) is 6.25.